The summed E-state index contributed by atoms with van der Waals surface area (Å²) in [5.41, 5.74) is 4.32. The standard InChI is InChI=1S/C17H17N3O/c1-12-7-6-10-20-15(13(2)19-16(12)20)17(21)18-11-14-8-4-3-5-9-14/h3-10H,11H2,1-2H3,(H,18,21). The number of pyridine rings is 1. The third kappa shape index (κ3) is 2.52. The van der Waals surface area contributed by atoms with Crippen LogP contribution in [0.2, 0.25) is 0 Å². The molecule has 4 heteroatoms. The Morgan fingerprint density at radius 3 is 2.67 bits per heavy atom. The van der Waals surface area contributed by atoms with E-state index >= 15 is 0 Å². The highest BCUT2D eigenvalue weighted by Gasteiger charge is 2.16. The van der Waals surface area contributed by atoms with Crippen LogP contribution in [0.3, 0.4) is 0 Å². The zero-order valence-corrected chi connectivity index (χ0v) is 12.1. The average molecular weight is 279 g/mol. The van der Waals surface area contributed by atoms with Crippen LogP contribution in [0.5, 0.6) is 0 Å². The molecule has 21 heavy (non-hydrogen) atoms. The van der Waals surface area contributed by atoms with Gasteiger partial charge in [-0.05, 0) is 31.0 Å². The molecule has 0 spiro atoms. The highest BCUT2D eigenvalue weighted by molar-refractivity contribution is 5.94. The van der Waals surface area contributed by atoms with Gasteiger partial charge < -0.3 is 5.32 Å². The molecule has 0 radical (unpaired) electrons. The first-order valence-corrected chi connectivity index (χ1v) is 6.93. The van der Waals surface area contributed by atoms with Gasteiger partial charge in [-0.25, -0.2) is 4.98 Å². The molecule has 0 bridgehead atoms. The lowest BCUT2D eigenvalue weighted by molar-refractivity contribution is 0.0944. The number of aromatic nitrogens is 2. The maximum atomic E-state index is 12.5. The van der Waals surface area contributed by atoms with E-state index in [4.69, 9.17) is 0 Å². The lowest BCUT2D eigenvalue weighted by Gasteiger charge is -2.06. The van der Waals surface area contributed by atoms with Gasteiger partial charge in [0.15, 0.2) is 0 Å². The molecular formula is C17H17N3O. The van der Waals surface area contributed by atoms with Crippen molar-refractivity contribution < 1.29 is 4.79 Å². The van der Waals surface area contributed by atoms with E-state index < -0.39 is 0 Å². The van der Waals surface area contributed by atoms with E-state index in [1.54, 1.807) is 0 Å². The fourth-order valence-electron chi connectivity index (χ4n) is 2.45. The molecule has 0 fully saturated rings. The van der Waals surface area contributed by atoms with E-state index in [9.17, 15) is 4.79 Å². The largest absolute Gasteiger partial charge is 0.347 e. The molecule has 1 N–H and O–H groups in total. The maximum Gasteiger partial charge on any atom is 0.270 e. The van der Waals surface area contributed by atoms with E-state index in [0.717, 1.165) is 22.5 Å². The van der Waals surface area contributed by atoms with Crippen LogP contribution in [0.4, 0.5) is 0 Å². The zero-order chi connectivity index (χ0) is 14.8. The second-order valence-electron chi connectivity index (χ2n) is 5.10. The van der Waals surface area contributed by atoms with Gasteiger partial charge in [0.25, 0.3) is 5.91 Å². The molecule has 0 unspecified atom stereocenters. The number of fused-ring (bicyclic) bond motifs is 1. The first-order valence-electron chi connectivity index (χ1n) is 6.93. The molecule has 2 aromatic heterocycles. The Bertz CT molecular complexity index is 790. The normalized spacial score (nSPS) is 10.8. The van der Waals surface area contributed by atoms with Crippen molar-refractivity contribution in [3.63, 3.8) is 0 Å². The molecule has 0 atom stereocenters. The van der Waals surface area contributed by atoms with E-state index in [1.165, 1.54) is 0 Å². The van der Waals surface area contributed by atoms with Crippen molar-refractivity contribution in [3.8, 4) is 0 Å². The molecule has 4 nitrogen and oxygen atoms in total. The monoisotopic (exact) mass is 279 g/mol. The highest BCUT2D eigenvalue weighted by Crippen LogP contribution is 2.15. The van der Waals surface area contributed by atoms with Gasteiger partial charge in [0.05, 0.1) is 5.69 Å². The minimum absolute atomic E-state index is 0.102. The number of amides is 1. The molecule has 3 rings (SSSR count). The lowest BCUT2D eigenvalue weighted by atomic mass is 10.2. The first kappa shape index (κ1) is 13.4. The van der Waals surface area contributed by atoms with Crippen molar-refractivity contribution in [2.24, 2.45) is 0 Å². The summed E-state index contributed by atoms with van der Waals surface area (Å²) in [5, 5.41) is 2.95. The SMILES string of the molecule is Cc1nc2c(C)cccn2c1C(=O)NCc1ccccc1. The van der Waals surface area contributed by atoms with Crippen LogP contribution < -0.4 is 5.32 Å². The molecule has 0 saturated carbocycles. The molecule has 0 aliphatic rings. The predicted molar refractivity (Wildman–Crippen MR) is 82.3 cm³/mol. The van der Waals surface area contributed by atoms with Crippen LogP contribution in [0.1, 0.15) is 27.3 Å². The summed E-state index contributed by atoms with van der Waals surface area (Å²) in [6.45, 7) is 4.37. The summed E-state index contributed by atoms with van der Waals surface area (Å²) in [6.07, 6.45) is 1.87. The number of benzene rings is 1. The van der Waals surface area contributed by atoms with Gasteiger partial charge in [0, 0.05) is 12.7 Å². The Morgan fingerprint density at radius 1 is 1.14 bits per heavy atom. The Hall–Kier alpha value is -2.62. The van der Waals surface area contributed by atoms with E-state index in [-0.39, 0.29) is 5.91 Å². The van der Waals surface area contributed by atoms with Crippen molar-refractivity contribution in [2.75, 3.05) is 0 Å². The van der Waals surface area contributed by atoms with Gasteiger partial charge in [0.1, 0.15) is 11.3 Å². The summed E-state index contributed by atoms with van der Waals surface area (Å²) in [6, 6.07) is 13.8. The van der Waals surface area contributed by atoms with Crippen molar-refractivity contribution in [1.82, 2.24) is 14.7 Å². The third-order valence-electron chi connectivity index (χ3n) is 3.53. The predicted octanol–water partition coefficient (Wildman–Crippen LogP) is 2.88. The molecule has 3 aromatic rings. The van der Waals surface area contributed by atoms with Gasteiger partial charge >= 0.3 is 0 Å². The number of nitrogens with one attached hydrogen (secondary N) is 1. The fraction of sp³-hybridized carbons (Fsp3) is 0.176. The topological polar surface area (TPSA) is 46.4 Å². The quantitative estimate of drug-likeness (QED) is 0.801. The van der Waals surface area contributed by atoms with Gasteiger partial charge in [0.2, 0.25) is 0 Å². The first-order chi connectivity index (χ1) is 10.2. The van der Waals surface area contributed by atoms with Gasteiger partial charge in [-0.3, -0.25) is 9.20 Å². The van der Waals surface area contributed by atoms with Gasteiger partial charge in [-0.1, -0.05) is 36.4 Å². The molecule has 0 aliphatic carbocycles. The van der Waals surface area contributed by atoms with E-state index in [1.807, 2.05) is 66.9 Å². The number of hydrogen-bond acceptors (Lipinski definition) is 2. The molecule has 106 valence electrons. The molecule has 2 heterocycles. The number of carbonyl (C=O) groups is 1. The Labute approximate surface area is 123 Å². The number of hydrogen-bond donors (Lipinski definition) is 1. The van der Waals surface area contributed by atoms with Crippen LogP contribution in [0, 0.1) is 13.8 Å². The molecular weight excluding hydrogens is 262 g/mol. The summed E-state index contributed by atoms with van der Waals surface area (Å²) in [7, 11) is 0. The Morgan fingerprint density at radius 2 is 1.90 bits per heavy atom. The highest BCUT2D eigenvalue weighted by atomic mass is 16.1. The summed E-state index contributed by atoms with van der Waals surface area (Å²) < 4.78 is 1.85. The molecule has 0 saturated heterocycles. The second-order valence-corrected chi connectivity index (χ2v) is 5.10. The van der Waals surface area contributed by atoms with Gasteiger partial charge in [-0.15, -0.1) is 0 Å². The van der Waals surface area contributed by atoms with Crippen molar-refractivity contribution in [1.29, 1.82) is 0 Å². The minimum Gasteiger partial charge on any atom is -0.347 e. The zero-order valence-electron chi connectivity index (χ0n) is 12.1. The van der Waals surface area contributed by atoms with Crippen LogP contribution >= 0.6 is 0 Å². The number of carbonyl (C=O) groups excluding carboxylic acids is 1. The molecule has 0 aliphatic heterocycles. The second kappa shape index (κ2) is 5.40. The smallest absolute Gasteiger partial charge is 0.270 e. The fourth-order valence-corrected chi connectivity index (χ4v) is 2.45. The van der Waals surface area contributed by atoms with Gasteiger partial charge in [-0.2, -0.15) is 0 Å². The average Bonchev–Trinajstić information content (AvgIpc) is 2.84. The molecule has 1 amide bonds. The Balaban J connectivity index is 1.88. The summed E-state index contributed by atoms with van der Waals surface area (Å²) in [4.78, 5) is 16.9. The number of nitrogens with zero attached hydrogens (tertiary/aromatic N) is 2. The van der Waals surface area contributed by atoms with Crippen molar-refractivity contribution in [3.05, 3.63) is 71.2 Å². The third-order valence-corrected chi connectivity index (χ3v) is 3.53. The Kier molecular flexibility index (Phi) is 3.44. The summed E-state index contributed by atoms with van der Waals surface area (Å²) in [5.74, 6) is -0.102. The number of rotatable bonds is 3. The van der Waals surface area contributed by atoms with Crippen LogP contribution in [0.15, 0.2) is 48.7 Å². The minimum atomic E-state index is -0.102. The van der Waals surface area contributed by atoms with E-state index in [2.05, 4.69) is 10.3 Å². The van der Waals surface area contributed by atoms with Crippen LogP contribution in [-0.2, 0) is 6.54 Å². The van der Waals surface area contributed by atoms with Crippen molar-refractivity contribution >= 4 is 11.6 Å². The van der Waals surface area contributed by atoms with Crippen molar-refractivity contribution in [2.45, 2.75) is 20.4 Å². The van der Waals surface area contributed by atoms with E-state index in [0.29, 0.717) is 12.2 Å². The van der Waals surface area contributed by atoms with Crippen LogP contribution in [0.25, 0.3) is 5.65 Å². The summed E-state index contributed by atoms with van der Waals surface area (Å²) >= 11 is 0. The maximum absolute atomic E-state index is 12.5. The lowest BCUT2D eigenvalue weighted by Crippen LogP contribution is -2.24. The number of imidazole rings is 1. The molecule has 1 aromatic carbocycles. The van der Waals surface area contributed by atoms with Crippen LogP contribution in [-0.4, -0.2) is 15.3 Å². The number of aryl methyl sites for hydroxylation is 2.